The van der Waals surface area contributed by atoms with Crippen molar-refractivity contribution < 1.29 is 0 Å². The van der Waals surface area contributed by atoms with Crippen LogP contribution in [-0.2, 0) is 13.1 Å². The molecule has 0 spiro atoms. The van der Waals surface area contributed by atoms with Gasteiger partial charge in [-0.15, -0.1) is 0 Å². The molecule has 0 saturated carbocycles. The normalized spacial score (nSPS) is 10.9. The van der Waals surface area contributed by atoms with E-state index in [1.807, 2.05) is 6.92 Å². The van der Waals surface area contributed by atoms with E-state index in [0.717, 1.165) is 12.2 Å². The fourth-order valence-corrected chi connectivity index (χ4v) is 1.76. The Morgan fingerprint density at radius 3 is 2.50 bits per heavy atom. The van der Waals surface area contributed by atoms with Crippen LogP contribution in [0.15, 0.2) is 0 Å². The SMILES string of the molecule is CCCCCn1nc(C)c(CN)c1C. The van der Waals surface area contributed by atoms with Crippen LogP contribution in [-0.4, -0.2) is 9.78 Å². The summed E-state index contributed by atoms with van der Waals surface area (Å²) in [6.45, 7) is 7.98. The average Bonchev–Trinajstić information content (AvgIpc) is 2.42. The molecule has 0 amide bonds. The van der Waals surface area contributed by atoms with Crippen LogP contribution in [0.2, 0.25) is 0 Å². The number of rotatable bonds is 5. The first-order valence-corrected chi connectivity index (χ1v) is 5.43. The van der Waals surface area contributed by atoms with Gasteiger partial charge in [0.15, 0.2) is 0 Å². The predicted molar refractivity (Wildman–Crippen MR) is 59.1 cm³/mol. The summed E-state index contributed by atoms with van der Waals surface area (Å²) in [7, 11) is 0. The Morgan fingerprint density at radius 2 is 2.00 bits per heavy atom. The molecule has 0 bridgehead atoms. The molecule has 1 aromatic heterocycles. The van der Waals surface area contributed by atoms with Crippen LogP contribution in [0.3, 0.4) is 0 Å². The van der Waals surface area contributed by atoms with Crippen molar-refractivity contribution in [2.45, 2.75) is 53.1 Å². The molecule has 0 radical (unpaired) electrons. The van der Waals surface area contributed by atoms with E-state index in [4.69, 9.17) is 5.73 Å². The Kier molecular flexibility index (Phi) is 4.14. The minimum Gasteiger partial charge on any atom is -0.326 e. The van der Waals surface area contributed by atoms with E-state index in [9.17, 15) is 0 Å². The van der Waals surface area contributed by atoms with Crippen LogP contribution in [0, 0.1) is 13.8 Å². The van der Waals surface area contributed by atoms with Crippen molar-refractivity contribution >= 4 is 0 Å². The van der Waals surface area contributed by atoms with Crippen LogP contribution >= 0.6 is 0 Å². The third kappa shape index (κ3) is 2.35. The summed E-state index contributed by atoms with van der Waals surface area (Å²) in [5.41, 5.74) is 9.20. The number of hydrogen-bond acceptors (Lipinski definition) is 2. The van der Waals surface area contributed by atoms with E-state index in [1.54, 1.807) is 0 Å². The first-order chi connectivity index (χ1) is 6.70. The molecule has 80 valence electrons. The molecule has 0 aromatic carbocycles. The second-order valence-electron chi connectivity index (χ2n) is 3.78. The van der Waals surface area contributed by atoms with E-state index in [-0.39, 0.29) is 0 Å². The average molecular weight is 195 g/mol. The fraction of sp³-hybridized carbons (Fsp3) is 0.727. The topological polar surface area (TPSA) is 43.8 Å². The Bertz CT molecular complexity index is 289. The van der Waals surface area contributed by atoms with Crippen molar-refractivity contribution in [3.8, 4) is 0 Å². The molecule has 1 aromatic rings. The van der Waals surface area contributed by atoms with Gasteiger partial charge in [0.25, 0.3) is 0 Å². The summed E-state index contributed by atoms with van der Waals surface area (Å²) < 4.78 is 2.09. The van der Waals surface area contributed by atoms with Gasteiger partial charge in [-0.05, 0) is 20.3 Å². The maximum Gasteiger partial charge on any atom is 0.0641 e. The lowest BCUT2D eigenvalue weighted by atomic mass is 10.2. The molecule has 0 saturated heterocycles. The summed E-state index contributed by atoms with van der Waals surface area (Å²) in [6.07, 6.45) is 3.74. The zero-order chi connectivity index (χ0) is 10.6. The standard InChI is InChI=1S/C11H21N3/c1-4-5-6-7-14-10(3)11(8-12)9(2)13-14/h4-8,12H2,1-3H3. The molecule has 1 rings (SSSR count). The van der Waals surface area contributed by atoms with Gasteiger partial charge in [-0.25, -0.2) is 0 Å². The van der Waals surface area contributed by atoms with Crippen molar-refractivity contribution in [1.29, 1.82) is 0 Å². The summed E-state index contributed by atoms with van der Waals surface area (Å²) >= 11 is 0. The van der Waals surface area contributed by atoms with Crippen LogP contribution in [0.4, 0.5) is 0 Å². The van der Waals surface area contributed by atoms with E-state index >= 15 is 0 Å². The summed E-state index contributed by atoms with van der Waals surface area (Å²) in [4.78, 5) is 0. The second kappa shape index (κ2) is 5.15. The summed E-state index contributed by atoms with van der Waals surface area (Å²) in [5.74, 6) is 0. The van der Waals surface area contributed by atoms with Crippen molar-refractivity contribution in [3.63, 3.8) is 0 Å². The molecule has 1 heterocycles. The first kappa shape index (κ1) is 11.2. The Morgan fingerprint density at radius 1 is 1.29 bits per heavy atom. The third-order valence-electron chi connectivity index (χ3n) is 2.71. The quantitative estimate of drug-likeness (QED) is 0.732. The van der Waals surface area contributed by atoms with Crippen LogP contribution < -0.4 is 5.73 Å². The highest BCUT2D eigenvalue weighted by atomic mass is 15.3. The zero-order valence-corrected chi connectivity index (χ0v) is 9.51. The van der Waals surface area contributed by atoms with Crippen molar-refractivity contribution in [2.75, 3.05) is 0 Å². The summed E-state index contributed by atoms with van der Waals surface area (Å²) in [5, 5.41) is 4.49. The highest BCUT2D eigenvalue weighted by Gasteiger charge is 2.08. The van der Waals surface area contributed by atoms with Gasteiger partial charge in [-0.2, -0.15) is 5.10 Å². The zero-order valence-electron chi connectivity index (χ0n) is 9.51. The largest absolute Gasteiger partial charge is 0.326 e. The molecule has 0 atom stereocenters. The lowest BCUT2D eigenvalue weighted by Crippen LogP contribution is -2.04. The molecule has 0 aliphatic carbocycles. The maximum atomic E-state index is 5.67. The van der Waals surface area contributed by atoms with Crippen LogP contribution in [0.1, 0.15) is 43.1 Å². The minimum absolute atomic E-state index is 0.603. The van der Waals surface area contributed by atoms with Gasteiger partial charge >= 0.3 is 0 Å². The Balaban J connectivity index is 2.68. The number of nitrogens with zero attached hydrogens (tertiary/aromatic N) is 2. The monoisotopic (exact) mass is 195 g/mol. The smallest absolute Gasteiger partial charge is 0.0641 e. The van der Waals surface area contributed by atoms with Crippen molar-refractivity contribution in [1.82, 2.24) is 9.78 Å². The second-order valence-corrected chi connectivity index (χ2v) is 3.78. The number of unbranched alkanes of at least 4 members (excludes halogenated alkanes) is 2. The number of aryl methyl sites for hydroxylation is 2. The highest BCUT2D eigenvalue weighted by molar-refractivity contribution is 5.23. The highest BCUT2D eigenvalue weighted by Crippen LogP contribution is 2.12. The number of aromatic nitrogens is 2. The van der Waals surface area contributed by atoms with Gasteiger partial charge < -0.3 is 5.73 Å². The number of hydrogen-bond donors (Lipinski definition) is 1. The van der Waals surface area contributed by atoms with Gasteiger partial charge in [0.1, 0.15) is 0 Å². The molecular weight excluding hydrogens is 174 g/mol. The molecule has 2 N–H and O–H groups in total. The van der Waals surface area contributed by atoms with Gasteiger partial charge in [0, 0.05) is 24.3 Å². The summed E-state index contributed by atoms with van der Waals surface area (Å²) in [6, 6.07) is 0. The third-order valence-corrected chi connectivity index (χ3v) is 2.71. The van der Waals surface area contributed by atoms with Crippen LogP contribution in [0.5, 0.6) is 0 Å². The molecule has 3 heteroatoms. The minimum atomic E-state index is 0.603. The molecule has 14 heavy (non-hydrogen) atoms. The van der Waals surface area contributed by atoms with E-state index in [1.165, 1.54) is 30.5 Å². The van der Waals surface area contributed by atoms with Crippen molar-refractivity contribution in [3.05, 3.63) is 17.0 Å². The maximum absolute atomic E-state index is 5.67. The molecule has 0 aliphatic rings. The molecule has 0 aliphatic heterocycles. The van der Waals surface area contributed by atoms with E-state index in [0.29, 0.717) is 6.54 Å². The van der Waals surface area contributed by atoms with Gasteiger partial charge in [-0.3, -0.25) is 4.68 Å². The molecule has 3 nitrogen and oxygen atoms in total. The fourth-order valence-electron chi connectivity index (χ4n) is 1.76. The number of nitrogens with two attached hydrogens (primary N) is 1. The lowest BCUT2D eigenvalue weighted by Gasteiger charge is -2.03. The molecular formula is C11H21N3. The Hall–Kier alpha value is -0.830. The van der Waals surface area contributed by atoms with Gasteiger partial charge in [-0.1, -0.05) is 19.8 Å². The van der Waals surface area contributed by atoms with Crippen LogP contribution in [0.25, 0.3) is 0 Å². The van der Waals surface area contributed by atoms with E-state index in [2.05, 4.69) is 23.6 Å². The van der Waals surface area contributed by atoms with E-state index < -0.39 is 0 Å². The lowest BCUT2D eigenvalue weighted by molar-refractivity contribution is 0.539. The first-order valence-electron chi connectivity index (χ1n) is 5.43. The predicted octanol–water partition coefficient (Wildman–Crippen LogP) is 2.15. The molecule has 0 unspecified atom stereocenters. The Labute approximate surface area is 86.3 Å². The van der Waals surface area contributed by atoms with Gasteiger partial charge in [0.05, 0.1) is 5.69 Å². The molecule has 0 fully saturated rings. The van der Waals surface area contributed by atoms with Gasteiger partial charge in [0.2, 0.25) is 0 Å². The van der Waals surface area contributed by atoms with Crippen molar-refractivity contribution in [2.24, 2.45) is 5.73 Å².